The van der Waals surface area contributed by atoms with Crippen LogP contribution in [0, 0.1) is 5.92 Å². The molecule has 0 spiro atoms. The van der Waals surface area contributed by atoms with Crippen LogP contribution in [0.15, 0.2) is 0 Å². The van der Waals surface area contributed by atoms with E-state index in [-0.39, 0.29) is 6.61 Å². The van der Waals surface area contributed by atoms with Crippen LogP contribution in [0.3, 0.4) is 0 Å². The van der Waals surface area contributed by atoms with Gasteiger partial charge in [0.15, 0.2) is 0 Å². The molecule has 0 heterocycles. The van der Waals surface area contributed by atoms with Crippen LogP contribution in [0.2, 0.25) is 0 Å². The van der Waals surface area contributed by atoms with Crippen molar-refractivity contribution in [2.45, 2.75) is 20.8 Å². The van der Waals surface area contributed by atoms with Crippen molar-refractivity contribution in [3.63, 3.8) is 0 Å². The highest BCUT2D eigenvalue weighted by Gasteiger charge is 2.06. The highest BCUT2D eigenvalue weighted by Crippen LogP contribution is 1.98. The fourth-order valence-electron chi connectivity index (χ4n) is 1.21. The molecule has 1 atom stereocenters. The quantitative estimate of drug-likeness (QED) is 0.578. The number of ether oxygens (including phenoxy) is 1. The van der Waals surface area contributed by atoms with E-state index in [0.717, 1.165) is 32.8 Å². The fraction of sp³-hybridized carbons (Fsp3) is 1.00. The second kappa shape index (κ2) is 8.48. The Morgan fingerprint density at radius 3 is 2.54 bits per heavy atom. The fourth-order valence-corrected chi connectivity index (χ4v) is 1.21. The minimum Gasteiger partial charge on any atom is -0.396 e. The second-order valence-electron chi connectivity index (χ2n) is 3.38. The zero-order valence-corrected chi connectivity index (χ0v) is 9.12. The number of hydrogen-bond acceptors (Lipinski definition) is 3. The summed E-state index contributed by atoms with van der Waals surface area (Å²) in [4.78, 5) is 2.30. The van der Waals surface area contributed by atoms with Gasteiger partial charge in [0, 0.05) is 26.3 Å². The standard InChI is InChI=1S/C10H23NO2/c1-4-11(6-7-13-5-2)8-10(3)9-12/h10,12H,4-9H2,1-3H3. The third-order valence-corrected chi connectivity index (χ3v) is 2.08. The van der Waals surface area contributed by atoms with Crippen molar-refractivity contribution < 1.29 is 9.84 Å². The Morgan fingerprint density at radius 1 is 1.38 bits per heavy atom. The lowest BCUT2D eigenvalue weighted by Crippen LogP contribution is -2.32. The van der Waals surface area contributed by atoms with Gasteiger partial charge in [-0.15, -0.1) is 0 Å². The third-order valence-electron chi connectivity index (χ3n) is 2.08. The molecule has 0 aliphatic heterocycles. The van der Waals surface area contributed by atoms with E-state index in [4.69, 9.17) is 9.84 Å². The van der Waals surface area contributed by atoms with E-state index in [0.29, 0.717) is 5.92 Å². The Bertz CT molecular complexity index is 109. The summed E-state index contributed by atoms with van der Waals surface area (Å²) in [6, 6.07) is 0. The van der Waals surface area contributed by atoms with Crippen molar-refractivity contribution in [1.82, 2.24) is 4.90 Å². The van der Waals surface area contributed by atoms with Gasteiger partial charge in [-0.1, -0.05) is 13.8 Å². The van der Waals surface area contributed by atoms with Gasteiger partial charge in [0.25, 0.3) is 0 Å². The molecule has 0 aromatic rings. The highest BCUT2D eigenvalue weighted by atomic mass is 16.5. The average molecular weight is 189 g/mol. The Balaban J connectivity index is 3.50. The zero-order valence-electron chi connectivity index (χ0n) is 9.12. The molecule has 3 heteroatoms. The van der Waals surface area contributed by atoms with Gasteiger partial charge in [0.05, 0.1) is 6.61 Å². The lowest BCUT2D eigenvalue weighted by Gasteiger charge is -2.22. The summed E-state index contributed by atoms with van der Waals surface area (Å²) >= 11 is 0. The van der Waals surface area contributed by atoms with Crippen LogP contribution in [-0.2, 0) is 4.74 Å². The Kier molecular flexibility index (Phi) is 8.40. The van der Waals surface area contributed by atoms with Crippen molar-refractivity contribution in [2.75, 3.05) is 39.5 Å². The Morgan fingerprint density at radius 2 is 2.08 bits per heavy atom. The molecule has 13 heavy (non-hydrogen) atoms. The maximum atomic E-state index is 8.89. The molecule has 0 aromatic heterocycles. The van der Waals surface area contributed by atoms with Gasteiger partial charge in [-0.05, 0) is 19.4 Å². The van der Waals surface area contributed by atoms with Gasteiger partial charge in [-0.3, -0.25) is 0 Å². The molecule has 1 N–H and O–H groups in total. The smallest absolute Gasteiger partial charge is 0.0593 e. The van der Waals surface area contributed by atoms with Crippen molar-refractivity contribution >= 4 is 0 Å². The van der Waals surface area contributed by atoms with Gasteiger partial charge in [-0.25, -0.2) is 0 Å². The van der Waals surface area contributed by atoms with Crippen LogP contribution in [0.4, 0.5) is 0 Å². The number of nitrogens with zero attached hydrogens (tertiary/aromatic N) is 1. The predicted molar refractivity (Wildman–Crippen MR) is 54.9 cm³/mol. The lowest BCUT2D eigenvalue weighted by atomic mass is 10.2. The Hall–Kier alpha value is -0.120. The zero-order chi connectivity index (χ0) is 10.1. The van der Waals surface area contributed by atoms with Gasteiger partial charge in [-0.2, -0.15) is 0 Å². The normalized spacial score (nSPS) is 13.6. The molecular weight excluding hydrogens is 166 g/mol. The molecule has 3 nitrogen and oxygen atoms in total. The third kappa shape index (κ3) is 6.99. The lowest BCUT2D eigenvalue weighted by molar-refractivity contribution is 0.102. The number of rotatable bonds is 8. The van der Waals surface area contributed by atoms with E-state index in [1.807, 2.05) is 6.92 Å². The largest absolute Gasteiger partial charge is 0.396 e. The molecule has 0 aliphatic rings. The monoisotopic (exact) mass is 189 g/mol. The summed E-state index contributed by atoms with van der Waals surface area (Å²) in [5.74, 6) is 0.363. The molecule has 0 rings (SSSR count). The van der Waals surface area contributed by atoms with Gasteiger partial charge in [0.2, 0.25) is 0 Å². The number of aliphatic hydroxyl groups is 1. The first kappa shape index (κ1) is 12.9. The van der Waals surface area contributed by atoms with Crippen molar-refractivity contribution in [2.24, 2.45) is 5.92 Å². The highest BCUT2D eigenvalue weighted by molar-refractivity contribution is 4.59. The van der Waals surface area contributed by atoms with E-state index in [1.54, 1.807) is 0 Å². The molecule has 80 valence electrons. The van der Waals surface area contributed by atoms with Crippen molar-refractivity contribution in [3.8, 4) is 0 Å². The first-order chi connectivity index (χ1) is 6.24. The molecule has 0 saturated carbocycles. The maximum absolute atomic E-state index is 8.89. The van der Waals surface area contributed by atoms with Gasteiger partial charge >= 0.3 is 0 Å². The summed E-state index contributed by atoms with van der Waals surface area (Å²) in [5.41, 5.74) is 0. The van der Waals surface area contributed by atoms with Gasteiger partial charge in [0.1, 0.15) is 0 Å². The summed E-state index contributed by atoms with van der Waals surface area (Å²) in [5, 5.41) is 8.89. The van der Waals surface area contributed by atoms with Crippen LogP contribution in [0.5, 0.6) is 0 Å². The maximum Gasteiger partial charge on any atom is 0.0593 e. The molecular formula is C10H23NO2. The SMILES string of the molecule is CCOCCN(CC)CC(C)CO. The minimum absolute atomic E-state index is 0.269. The molecule has 1 unspecified atom stereocenters. The predicted octanol–water partition coefficient (Wildman–Crippen LogP) is 0.973. The van der Waals surface area contributed by atoms with E-state index >= 15 is 0 Å². The molecule has 0 radical (unpaired) electrons. The summed E-state index contributed by atoms with van der Waals surface area (Å²) < 4.78 is 5.28. The molecule has 0 fully saturated rings. The molecule has 0 aliphatic carbocycles. The van der Waals surface area contributed by atoms with Crippen LogP contribution in [-0.4, -0.2) is 49.5 Å². The van der Waals surface area contributed by atoms with E-state index in [2.05, 4.69) is 18.7 Å². The number of aliphatic hydroxyl groups excluding tert-OH is 1. The minimum atomic E-state index is 0.269. The number of likely N-dealkylation sites (N-methyl/N-ethyl adjacent to an activating group) is 1. The first-order valence-corrected chi connectivity index (χ1v) is 5.15. The molecule has 0 bridgehead atoms. The second-order valence-corrected chi connectivity index (χ2v) is 3.38. The van der Waals surface area contributed by atoms with Crippen LogP contribution in [0.1, 0.15) is 20.8 Å². The topological polar surface area (TPSA) is 32.7 Å². The van der Waals surface area contributed by atoms with E-state index in [1.165, 1.54) is 0 Å². The number of hydrogen-bond donors (Lipinski definition) is 1. The summed E-state index contributed by atoms with van der Waals surface area (Å²) in [6.45, 7) is 11.0. The molecule has 0 aromatic carbocycles. The van der Waals surface area contributed by atoms with E-state index < -0.39 is 0 Å². The average Bonchev–Trinajstić information content (AvgIpc) is 2.16. The van der Waals surface area contributed by atoms with Crippen molar-refractivity contribution in [1.29, 1.82) is 0 Å². The molecule has 0 saturated heterocycles. The van der Waals surface area contributed by atoms with Crippen LogP contribution >= 0.6 is 0 Å². The summed E-state index contributed by atoms with van der Waals surface area (Å²) in [6.07, 6.45) is 0. The van der Waals surface area contributed by atoms with Crippen molar-refractivity contribution in [3.05, 3.63) is 0 Å². The summed E-state index contributed by atoms with van der Waals surface area (Å²) in [7, 11) is 0. The van der Waals surface area contributed by atoms with Crippen LogP contribution < -0.4 is 0 Å². The van der Waals surface area contributed by atoms with Gasteiger partial charge < -0.3 is 14.7 Å². The van der Waals surface area contributed by atoms with Crippen LogP contribution in [0.25, 0.3) is 0 Å². The Labute approximate surface area is 81.7 Å². The van der Waals surface area contributed by atoms with E-state index in [9.17, 15) is 0 Å². The first-order valence-electron chi connectivity index (χ1n) is 5.15. The molecule has 0 amide bonds.